The quantitative estimate of drug-likeness (QED) is 0.864. The lowest BCUT2D eigenvalue weighted by atomic mass is 10.2. The van der Waals surface area contributed by atoms with Crippen LogP contribution in [0.4, 0.5) is 5.69 Å². The minimum Gasteiger partial charge on any atom is -0.508 e. The Kier molecular flexibility index (Phi) is 3.28. The van der Waals surface area contributed by atoms with Crippen LogP contribution in [0.3, 0.4) is 0 Å². The summed E-state index contributed by atoms with van der Waals surface area (Å²) in [7, 11) is -3.01. The fourth-order valence-corrected chi connectivity index (χ4v) is 3.81. The van der Waals surface area contributed by atoms with E-state index >= 15 is 0 Å². The topological polar surface area (TPSA) is 66.4 Å². The zero-order valence-electron chi connectivity index (χ0n) is 9.76. The summed E-state index contributed by atoms with van der Waals surface area (Å²) >= 11 is 0. The van der Waals surface area contributed by atoms with Crippen LogP contribution in [0.5, 0.6) is 5.75 Å². The molecule has 0 radical (unpaired) electrons. The van der Waals surface area contributed by atoms with Crippen LogP contribution in [-0.2, 0) is 9.84 Å². The number of phenolic OH excluding ortho intramolecular Hbond substituents is 1. The summed E-state index contributed by atoms with van der Waals surface area (Å²) in [5, 5.41) is 12.2. The average Bonchev–Trinajstić information content (AvgIpc) is 2.65. The summed E-state index contributed by atoms with van der Waals surface area (Å²) in [6, 6.07) is 6.72. The SMILES string of the molecule is CS(=O)(=O)C1CCCC1Nc1cccc(O)c1. The highest BCUT2D eigenvalue weighted by molar-refractivity contribution is 7.91. The van der Waals surface area contributed by atoms with Gasteiger partial charge in [0.2, 0.25) is 0 Å². The minimum absolute atomic E-state index is 0.0493. The Bertz CT molecular complexity index is 498. The van der Waals surface area contributed by atoms with Gasteiger partial charge < -0.3 is 10.4 Å². The molecule has 0 heterocycles. The predicted molar refractivity (Wildman–Crippen MR) is 68.0 cm³/mol. The van der Waals surface area contributed by atoms with Crippen LogP contribution in [0.2, 0.25) is 0 Å². The third-order valence-corrected chi connectivity index (χ3v) is 4.86. The number of hydrogen-bond donors (Lipinski definition) is 2. The fraction of sp³-hybridized carbons (Fsp3) is 0.500. The summed E-state index contributed by atoms with van der Waals surface area (Å²) in [6.45, 7) is 0. The molecule has 4 nitrogen and oxygen atoms in total. The van der Waals surface area contributed by atoms with Crippen LogP contribution in [0.15, 0.2) is 24.3 Å². The molecule has 0 amide bonds. The molecule has 0 saturated heterocycles. The zero-order valence-corrected chi connectivity index (χ0v) is 10.6. The predicted octanol–water partition coefficient (Wildman–Crippen LogP) is 1.77. The average molecular weight is 255 g/mol. The van der Waals surface area contributed by atoms with Gasteiger partial charge in [0.15, 0.2) is 9.84 Å². The third-order valence-electron chi connectivity index (χ3n) is 3.20. The maximum atomic E-state index is 11.6. The second kappa shape index (κ2) is 4.56. The van der Waals surface area contributed by atoms with Crippen molar-refractivity contribution >= 4 is 15.5 Å². The highest BCUT2D eigenvalue weighted by Gasteiger charge is 2.34. The van der Waals surface area contributed by atoms with Crippen molar-refractivity contribution in [1.82, 2.24) is 0 Å². The molecule has 0 aliphatic heterocycles. The molecule has 0 spiro atoms. The molecule has 0 bridgehead atoms. The van der Waals surface area contributed by atoms with Crippen molar-refractivity contribution in [1.29, 1.82) is 0 Å². The molecule has 1 fully saturated rings. The van der Waals surface area contributed by atoms with Crippen LogP contribution >= 0.6 is 0 Å². The smallest absolute Gasteiger partial charge is 0.152 e. The van der Waals surface area contributed by atoms with Crippen LogP contribution in [0.25, 0.3) is 0 Å². The van der Waals surface area contributed by atoms with Gasteiger partial charge in [0.25, 0.3) is 0 Å². The second-order valence-electron chi connectivity index (χ2n) is 4.60. The largest absolute Gasteiger partial charge is 0.508 e. The first kappa shape index (κ1) is 12.2. The first-order valence-electron chi connectivity index (χ1n) is 5.71. The van der Waals surface area contributed by atoms with E-state index in [1.54, 1.807) is 18.2 Å². The highest BCUT2D eigenvalue weighted by atomic mass is 32.2. The van der Waals surface area contributed by atoms with Gasteiger partial charge in [0.05, 0.1) is 5.25 Å². The second-order valence-corrected chi connectivity index (χ2v) is 6.86. The Hall–Kier alpha value is -1.23. The molecule has 1 aromatic rings. The maximum absolute atomic E-state index is 11.6. The number of rotatable bonds is 3. The van der Waals surface area contributed by atoms with Crippen molar-refractivity contribution in [3.8, 4) is 5.75 Å². The number of benzene rings is 1. The summed E-state index contributed by atoms with van der Waals surface area (Å²) in [6.07, 6.45) is 3.79. The molecule has 17 heavy (non-hydrogen) atoms. The molecule has 2 atom stereocenters. The molecule has 2 N–H and O–H groups in total. The van der Waals surface area contributed by atoms with Crippen LogP contribution in [-0.4, -0.2) is 31.1 Å². The highest BCUT2D eigenvalue weighted by Crippen LogP contribution is 2.28. The Morgan fingerprint density at radius 2 is 2.12 bits per heavy atom. The maximum Gasteiger partial charge on any atom is 0.152 e. The van der Waals surface area contributed by atoms with Gasteiger partial charge in [0.1, 0.15) is 5.75 Å². The van der Waals surface area contributed by atoms with E-state index in [4.69, 9.17) is 0 Å². The first-order valence-corrected chi connectivity index (χ1v) is 7.67. The Morgan fingerprint density at radius 3 is 2.76 bits per heavy atom. The molecule has 1 aromatic carbocycles. The lowest BCUT2D eigenvalue weighted by molar-refractivity contribution is 0.475. The molecular formula is C12H17NO3S. The fourth-order valence-electron chi connectivity index (χ4n) is 2.41. The van der Waals surface area contributed by atoms with Gasteiger partial charge in [-0.1, -0.05) is 6.07 Å². The van der Waals surface area contributed by atoms with Gasteiger partial charge in [-0.2, -0.15) is 0 Å². The molecule has 5 heteroatoms. The normalized spacial score (nSPS) is 24.8. The Balaban J connectivity index is 2.13. The van der Waals surface area contributed by atoms with Crippen molar-refractivity contribution in [2.75, 3.05) is 11.6 Å². The van der Waals surface area contributed by atoms with Gasteiger partial charge >= 0.3 is 0 Å². The van der Waals surface area contributed by atoms with Gasteiger partial charge in [-0.25, -0.2) is 8.42 Å². The van der Waals surface area contributed by atoms with Gasteiger partial charge in [-0.05, 0) is 31.4 Å². The minimum atomic E-state index is -3.01. The molecule has 1 saturated carbocycles. The van der Waals surface area contributed by atoms with Crippen LogP contribution in [0, 0.1) is 0 Å². The molecule has 0 aromatic heterocycles. The first-order chi connectivity index (χ1) is 7.97. The molecule has 2 unspecified atom stereocenters. The van der Waals surface area contributed by atoms with Gasteiger partial charge in [-0.15, -0.1) is 0 Å². The van der Waals surface area contributed by atoms with E-state index in [9.17, 15) is 13.5 Å². The Labute approximate surface area is 102 Å². The van der Waals surface area contributed by atoms with Crippen molar-refractivity contribution in [3.05, 3.63) is 24.3 Å². The molecule has 2 rings (SSSR count). The Morgan fingerprint density at radius 1 is 1.35 bits per heavy atom. The van der Waals surface area contributed by atoms with E-state index in [0.29, 0.717) is 0 Å². The lowest BCUT2D eigenvalue weighted by Gasteiger charge is -2.20. The van der Waals surface area contributed by atoms with E-state index in [1.165, 1.54) is 6.26 Å². The third kappa shape index (κ3) is 2.91. The van der Waals surface area contributed by atoms with E-state index in [-0.39, 0.29) is 17.0 Å². The van der Waals surface area contributed by atoms with Gasteiger partial charge in [0, 0.05) is 24.1 Å². The number of anilines is 1. The monoisotopic (exact) mass is 255 g/mol. The summed E-state index contributed by atoms with van der Waals surface area (Å²) in [5.74, 6) is 0.184. The molecule has 1 aliphatic carbocycles. The lowest BCUT2D eigenvalue weighted by Crippen LogP contribution is -2.34. The molecule has 1 aliphatic rings. The van der Waals surface area contributed by atoms with E-state index in [1.807, 2.05) is 6.07 Å². The number of hydrogen-bond acceptors (Lipinski definition) is 4. The van der Waals surface area contributed by atoms with Crippen molar-refractivity contribution in [3.63, 3.8) is 0 Å². The molecular weight excluding hydrogens is 238 g/mol. The van der Waals surface area contributed by atoms with Gasteiger partial charge in [-0.3, -0.25) is 0 Å². The summed E-state index contributed by atoms with van der Waals surface area (Å²) < 4.78 is 23.2. The summed E-state index contributed by atoms with van der Waals surface area (Å²) in [4.78, 5) is 0. The number of sulfone groups is 1. The molecule has 94 valence electrons. The van der Waals surface area contributed by atoms with E-state index in [0.717, 1.165) is 24.9 Å². The standard InChI is InChI=1S/C12H17NO3S/c1-17(15,16)12-7-3-6-11(12)13-9-4-2-5-10(14)8-9/h2,4-5,8,11-14H,3,6-7H2,1H3. The number of aromatic hydroxyl groups is 1. The van der Waals surface area contributed by atoms with Crippen LogP contribution < -0.4 is 5.32 Å². The van der Waals surface area contributed by atoms with Crippen molar-refractivity contribution in [2.45, 2.75) is 30.6 Å². The zero-order chi connectivity index (χ0) is 12.5. The van der Waals surface area contributed by atoms with Crippen LogP contribution in [0.1, 0.15) is 19.3 Å². The summed E-state index contributed by atoms with van der Waals surface area (Å²) in [5.41, 5.74) is 0.769. The number of phenols is 1. The van der Waals surface area contributed by atoms with Crippen molar-refractivity contribution in [2.24, 2.45) is 0 Å². The van der Waals surface area contributed by atoms with E-state index < -0.39 is 9.84 Å². The van der Waals surface area contributed by atoms with E-state index in [2.05, 4.69) is 5.32 Å². The number of nitrogens with one attached hydrogen (secondary N) is 1. The van der Waals surface area contributed by atoms with Crippen molar-refractivity contribution < 1.29 is 13.5 Å².